The summed E-state index contributed by atoms with van der Waals surface area (Å²) in [5.74, 6) is -0.534. The maximum Gasteiger partial charge on any atom is 0.231 e. The highest BCUT2D eigenvalue weighted by Gasteiger charge is 2.41. The van der Waals surface area contributed by atoms with Gasteiger partial charge in [0.05, 0.1) is 6.07 Å². The number of nitriles is 1. The van der Waals surface area contributed by atoms with Crippen LogP contribution in [-0.4, -0.2) is 16.7 Å². The van der Waals surface area contributed by atoms with Crippen molar-refractivity contribution in [3.8, 4) is 6.07 Å². The van der Waals surface area contributed by atoms with Crippen molar-refractivity contribution >= 4 is 11.8 Å². The molecule has 2 amide bonds. The highest BCUT2D eigenvalue weighted by atomic mass is 16.2. The van der Waals surface area contributed by atoms with E-state index in [1.165, 1.54) is 0 Å². The summed E-state index contributed by atoms with van der Waals surface area (Å²) in [5.41, 5.74) is 0.355. The minimum atomic E-state index is -0.822. The summed E-state index contributed by atoms with van der Waals surface area (Å²) in [6.07, 6.45) is 0.591. The Balaban J connectivity index is 2.33. The van der Waals surface area contributed by atoms with Gasteiger partial charge < -0.3 is 0 Å². The smallest absolute Gasteiger partial charge is 0.231 e. The molecule has 19 heavy (non-hydrogen) atoms. The number of hydrogen-bond donors (Lipinski definition) is 0. The third kappa shape index (κ3) is 2.65. The van der Waals surface area contributed by atoms with Gasteiger partial charge in [-0.3, -0.25) is 14.5 Å². The molecule has 0 spiro atoms. The SMILES string of the molecule is CC1(C)CC(=O)N(C(C#N)c2ccccc2)C(=O)C1. The number of nitrogens with zero attached hydrogens (tertiary/aromatic N) is 2. The quantitative estimate of drug-likeness (QED) is 0.763. The average molecular weight is 256 g/mol. The molecule has 1 saturated heterocycles. The third-order valence-corrected chi connectivity index (χ3v) is 3.29. The van der Waals surface area contributed by atoms with Gasteiger partial charge in [0.25, 0.3) is 0 Å². The normalized spacial score (nSPS) is 19.9. The van der Waals surface area contributed by atoms with E-state index in [-0.39, 0.29) is 17.2 Å². The summed E-state index contributed by atoms with van der Waals surface area (Å²) >= 11 is 0. The van der Waals surface area contributed by atoms with Crippen LogP contribution in [0.15, 0.2) is 30.3 Å². The van der Waals surface area contributed by atoms with E-state index in [0.717, 1.165) is 4.90 Å². The fourth-order valence-electron chi connectivity index (χ4n) is 2.40. The van der Waals surface area contributed by atoms with E-state index in [1.807, 2.05) is 19.9 Å². The van der Waals surface area contributed by atoms with Crippen LogP contribution in [0.5, 0.6) is 0 Å². The molecular formula is C15H16N2O2. The monoisotopic (exact) mass is 256 g/mol. The number of carbonyl (C=O) groups excluding carboxylic acids is 2. The molecule has 0 bridgehead atoms. The van der Waals surface area contributed by atoms with Crippen molar-refractivity contribution in [2.45, 2.75) is 32.7 Å². The molecule has 1 heterocycles. The summed E-state index contributed by atoms with van der Waals surface area (Å²) < 4.78 is 0. The number of amides is 2. The molecule has 0 radical (unpaired) electrons. The fraction of sp³-hybridized carbons (Fsp3) is 0.400. The zero-order valence-electron chi connectivity index (χ0n) is 11.1. The molecule has 1 aliphatic rings. The summed E-state index contributed by atoms with van der Waals surface area (Å²) in [6.45, 7) is 3.79. The van der Waals surface area contributed by atoms with Crippen LogP contribution in [0, 0.1) is 16.7 Å². The van der Waals surface area contributed by atoms with Gasteiger partial charge in [0, 0.05) is 12.8 Å². The number of benzene rings is 1. The van der Waals surface area contributed by atoms with Crippen LogP contribution in [0.3, 0.4) is 0 Å². The summed E-state index contributed by atoms with van der Waals surface area (Å²) in [4.78, 5) is 25.4. The standard InChI is InChI=1S/C15H16N2O2/c1-15(2)8-13(18)17(14(19)9-15)12(10-16)11-6-4-3-5-7-11/h3-7,12H,8-9H2,1-2H3. The molecule has 1 unspecified atom stereocenters. The van der Waals surface area contributed by atoms with Crippen LogP contribution in [0.25, 0.3) is 0 Å². The Hall–Kier alpha value is -2.15. The minimum absolute atomic E-state index is 0.267. The fourth-order valence-corrected chi connectivity index (χ4v) is 2.40. The Kier molecular flexibility index (Phi) is 3.39. The van der Waals surface area contributed by atoms with Crippen LogP contribution in [-0.2, 0) is 9.59 Å². The molecule has 2 rings (SSSR count). The highest BCUT2D eigenvalue weighted by molar-refractivity contribution is 5.99. The van der Waals surface area contributed by atoms with E-state index in [0.29, 0.717) is 18.4 Å². The van der Waals surface area contributed by atoms with Gasteiger partial charge in [-0.15, -0.1) is 0 Å². The van der Waals surface area contributed by atoms with Crippen LogP contribution in [0.4, 0.5) is 0 Å². The molecule has 1 fully saturated rings. The van der Waals surface area contributed by atoms with Crippen molar-refractivity contribution in [1.82, 2.24) is 4.90 Å². The Bertz CT molecular complexity index is 523. The number of carbonyl (C=O) groups is 2. The van der Waals surface area contributed by atoms with Gasteiger partial charge in [0.1, 0.15) is 0 Å². The first-order valence-corrected chi connectivity index (χ1v) is 6.24. The summed E-state index contributed by atoms with van der Waals surface area (Å²) in [6, 6.07) is 10.2. The Morgan fingerprint density at radius 2 is 1.68 bits per heavy atom. The zero-order chi connectivity index (χ0) is 14.0. The number of piperidine rings is 1. The van der Waals surface area contributed by atoms with Crippen molar-refractivity contribution in [3.63, 3.8) is 0 Å². The van der Waals surface area contributed by atoms with Gasteiger partial charge in [-0.2, -0.15) is 5.26 Å². The van der Waals surface area contributed by atoms with Gasteiger partial charge in [0.15, 0.2) is 6.04 Å². The maximum atomic E-state index is 12.1. The molecule has 0 saturated carbocycles. The van der Waals surface area contributed by atoms with Crippen LogP contribution in [0.1, 0.15) is 38.3 Å². The van der Waals surface area contributed by atoms with Gasteiger partial charge in [0.2, 0.25) is 11.8 Å². The lowest BCUT2D eigenvalue weighted by Crippen LogP contribution is -2.47. The van der Waals surface area contributed by atoms with Crippen LogP contribution in [0.2, 0.25) is 0 Å². The van der Waals surface area contributed by atoms with Gasteiger partial charge >= 0.3 is 0 Å². The first kappa shape index (κ1) is 13.3. The number of likely N-dealkylation sites (tertiary alicyclic amines) is 1. The number of hydrogen-bond acceptors (Lipinski definition) is 3. The first-order chi connectivity index (χ1) is 8.94. The van der Waals surface area contributed by atoms with Crippen LogP contribution < -0.4 is 0 Å². The van der Waals surface area contributed by atoms with E-state index >= 15 is 0 Å². The largest absolute Gasteiger partial charge is 0.274 e. The highest BCUT2D eigenvalue weighted by Crippen LogP contribution is 2.35. The van der Waals surface area contributed by atoms with Gasteiger partial charge in [-0.25, -0.2) is 0 Å². The molecule has 1 aromatic rings. The Morgan fingerprint density at radius 1 is 1.16 bits per heavy atom. The Labute approximate surface area is 112 Å². The molecule has 4 heteroatoms. The van der Waals surface area contributed by atoms with Gasteiger partial charge in [-0.05, 0) is 11.0 Å². The van der Waals surface area contributed by atoms with Crippen molar-refractivity contribution in [2.75, 3.05) is 0 Å². The van der Waals surface area contributed by atoms with E-state index < -0.39 is 6.04 Å². The van der Waals surface area contributed by atoms with Crippen molar-refractivity contribution in [3.05, 3.63) is 35.9 Å². The lowest BCUT2D eigenvalue weighted by Gasteiger charge is -2.36. The predicted molar refractivity (Wildman–Crippen MR) is 69.7 cm³/mol. The molecule has 0 aliphatic carbocycles. The second kappa shape index (κ2) is 4.85. The van der Waals surface area contributed by atoms with E-state index in [9.17, 15) is 14.9 Å². The molecule has 0 N–H and O–H groups in total. The molecule has 98 valence electrons. The van der Waals surface area contributed by atoms with E-state index in [2.05, 4.69) is 6.07 Å². The van der Waals surface area contributed by atoms with Gasteiger partial charge in [-0.1, -0.05) is 44.2 Å². The van der Waals surface area contributed by atoms with E-state index in [1.54, 1.807) is 24.3 Å². The lowest BCUT2D eigenvalue weighted by molar-refractivity contribution is -0.154. The first-order valence-electron chi connectivity index (χ1n) is 6.24. The van der Waals surface area contributed by atoms with Crippen molar-refractivity contribution < 1.29 is 9.59 Å². The minimum Gasteiger partial charge on any atom is -0.274 e. The van der Waals surface area contributed by atoms with Crippen molar-refractivity contribution in [1.29, 1.82) is 5.26 Å². The summed E-state index contributed by atoms with van der Waals surface area (Å²) in [5, 5.41) is 9.30. The topological polar surface area (TPSA) is 61.2 Å². The van der Waals surface area contributed by atoms with Crippen molar-refractivity contribution in [2.24, 2.45) is 5.41 Å². The Morgan fingerprint density at radius 3 is 2.16 bits per heavy atom. The second-order valence-electron chi connectivity index (χ2n) is 5.62. The van der Waals surface area contributed by atoms with Crippen LogP contribution >= 0.6 is 0 Å². The second-order valence-corrected chi connectivity index (χ2v) is 5.62. The number of rotatable bonds is 2. The zero-order valence-corrected chi connectivity index (χ0v) is 11.1. The number of imide groups is 1. The molecule has 1 aromatic carbocycles. The molecule has 1 atom stereocenters. The molecule has 0 aromatic heterocycles. The molecule has 1 aliphatic heterocycles. The third-order valence-electron chi connectivity index (χ3n) is 3.29. The predicted octanol–water partition coefficient (Wildman–Crippen LogP) is 2.43. The maximum absolute atomic E-state index is 12.1. The molecule has 4 nitrogen and oxygen atoms in total. The summed E-state index contributed by atoms with van der Waals surface area (Å²) in [7, 11) is 0. The van der Waals surface area contributed by atoms with E-state index in [4.69, 9.17) is 0 Å². The lowest BCUT2D eigenvalue weighted by atomic mass is 9.81. The molecular weight excluding hydrogens is 240 g/mol. The average Bonchev–Trinajstić information content (AvgIpc) is 2.33.